The number of unbranched alkanes of at least 4 members (excludes halogenated alkanes) is 3. The van der Waals surface area contributed by atoms with Gasteiger partial charge in [-0.25, -0.2) is 9.97 Å². The first-order chi connectivity index (χ1) is 14.6. The lowest BCUT2D eigenvalue weighted by Crippen LogP contribution is -2.09. The van der Waals surface area contributed by atoms with Gasteiger partial charge in [0.1, 0.15) is 5.75 Å². The molecule has 164 valence electrons. The first-order valence-electron chi connectivity index (χ1n) is 11.3. The quantitative estimate of drug-likeness (QED) is 0.216. The summed E-state index contributed by atoms with van der Waals surface area (Å²) in [5.41, 5.74) is 1.97. The fourth-order valence-corrected chi connectivity index (χ4v) is 2.98. The summed E-state index contributed by atoms with van der Waals surface area (Å²) in [5, 5.41) is 0. The number of ether oxygens (including phenoxy) is 2. The van der Waals surface area contributed by atoms with E-state index < -0.39 is 0 Å². The third-order valence-corrected chi connectivity index (χ3v) is 5.27. The Morgan fingerprint density at radius 3 is 2.40 bits per heavy atom. The van der Waals surface area contributed by atoms with Crippen molar-refractivity contribution in [2.75, 3.05) is 13.2 Å². The van der Waals surface area contributed by atoms with Crippen LogP contribution in [0, 0.1) is 5.92 Å². The molecule has 0 amide bonds. The maximum Gasteiger partial charge on any atom is 0.311 e. The van der Waals surface area contributed by atoms with Crippen LogP contribution in [-0.2, 0) is 16.0 Å². The summed E-state index contributed by atoms with van der Waals surface area (Å²) in [6.07, 6.45) is 11.8. The molecule has 0 saturated heterocycles. The summed E-state index contributed by atoms with van der Waals surface area (Å²) in [5.74, 6) is 1.57. The number of rotatable bonds is 14. The fourth-order valence-electron chi connectivity index (χ4n) is 2.98. The van der Waals surface area contributed by atoms with Gasteiger partial charge in [0.05, 0.1) is 6.61 Å². The predicted octanol–water partition coefficient (Wildman–Crippen LogP) is 6.01. The molecule has 0 spiro atoms. The van der Waals surface area contributed by atoms with Gasteiger partial charge in [0.25, 0.3) is 0 Å². The first kappa shape index (κ1) is 24.0. The summed E-state index contributed by atoms with van der Waals surface area (Å²) < 4.78 is 11.1. The van der Waals surface area contributed by atoms with E-state index in [0.717, 1.165) is 43.4 Å². The summed E-state index contributed by atoms with van der Waals surface area (Å²) >= 11 is 0. The lowest BCUT2D eigenvalue weighted by molar-refractivity contribution is -0.134. The van der Waals surface area contributed by atoms with Gasteiger partial charge in [0, 0.05) is 31.0 Å². The van der Waals surface area contributed by atoms with Crippen molar-refractivity contribution in [3.05, 3.63) is 42.2 Å². The minimum Gasteiger partial charge on any atom is -0.427 e. The number of hydrogen-bond donors (Lipinski definition) is 0. The molecule has 5 nitrogen and oxygen atoms in total. The van der Waals surface area contributed by atoms with Gasteiger partial charge >= 0.3 is 5.97 Å². The van der Waals surface area contributed by atoms with E-state index in [1.807, 2.05) is 24.5 Å². The molecule has 0 fully saturated rings. The van der Waals surface area contributed by atoms with Crippen molar-refractivity contribution in [3.63, 3.8) is 0 Å². The highest BCUT2D eigenvalue weighted by Gasteiger charge is 2.09. The zero-order valence-electron chi connectivity index (χ0n) is 18.7. The highest BCUT2D eigenvalue weighted by molar-refractivity contribution is 5.72. The van der Waals surface area contributed by atoms with Crippen LogP contribution in [0.4, 0.5) is 0 Å². The van der Waals surface area contributed by atoms with Crippen molar-refractivity contribution >= 4 is 5.97 Å². The van der Waals surface area contributed by atoms with Crippen molar-refractivity contribution in [2.24, 2.45) is 5.92 Å². The molecule has 2 rings (SSSR count). The van der Waals surface area contributed by atoms with Gasteiger partial charge < -0.3 is 9.47 Å². The molecule has 0 aliphatic heterocycles. The molecular weight excluding hydrogens is 376 g/mol. The minimum atomic E-state index is -0.184. The topological polar surface area (TPSA) is 61.3 Å². The molecule has 0 saturated carbocycles. The van der Waals surface area contributed by atoms with E-state index in [1.165, 1.54) is 19.3 Å². The average Bonchev–Trinajstić information content (AvgIpc) is 2.78. The molecule has 1 atom stereocenters. The third kappa shape index (κ3) is 9.04. The van der Waals surface area contributed by atoms with Crippen LogP contribution in [0.15, 0.2) is 36.7 Å². The van der Waals surface area contributed by atoms with E-state index in [0.29, 0.717) is 30.5 Å². The third-order valence-electron chi connectivity index (χ3n) is 5.27. The summed E-state index contributed by atoms with van der Waals surface area (Å²) in [6.45, 7) is 8.02. The number of carbonyl (C=O) groups excluding carboxylic acids is 1. The Morgan fingerprint density at radius 2 is 1.73 bits per heavy atom. The Labute approximate surface area is 181 Å². The standard InChI is InChI=1S/C25H36N2O3/c1-4-6-7-8-16-29-17-15-21-18-26-25(27-19-21)22-10-12-23(13-11-22)30-24(28)14-9-20(3)5-2/h10-13,18-20H,4-9,14-17H2,1-3H3. The average molecular weight is 413 g/mol. The van der Waals surface area contributed by atoms with Gasteiger partial charge in [-0.05, 0) is 55.0 Å². The Morgan fingerprint density at radius 1 is 1.00 bits per heavy atom. The zero-order valence-corrected chi connectivity index (χ0v) is 18.7. The Hall–Kier alpha value is -2.27. The van der Waals surface area contributed by atoms with Crippen molar-refractivity contribution < 1.29 is 14.3 Å². The van der Waals surface area contributed by atoms with Gasteiger partial charge in [0.15, 0.2) is 5.82 Å². The number of benzene rings is 1. The predicted molar refractivity (Wildman–Crippen MR) is 120 cm³/mol. The molecule has 1 unspecified atom stereocenters. The van der Waals surface area contributed by atoms with Crippen molar-refractivity contribution in [2.45, 2.75) is 72.1 Å². The number of nitrogens with zero attached hydrogens (tertiary/aromatic N) is 2. The monoisotopic (exact) mass is 412 g/mol. The molecule has 1 heterocycles. The smallest absolute Gasteiger partial charge is 0.311 e. The van der Waals surface area contributed by atoms with Crippen molar-refractivity contribution in [3.8, 4) is 17.1 Å². The van der Waals surface area contributed by atoms with Gasteiger partial charge in [-0.1, -0.05) is 46.5 Å². The summed E-state index contributed by atoms with van der Waals surface area (Å²) in [7, 11) is 0. The SMILES string of the molecule is CCCCCCOCCc1cnc(-c2ccc(OC(=O)CCC(C)CC)cc2)nc1. The second-order valence-electron chi connectivity index (χ2n) is 7.89. The van der Waals surface area contributed by atoms with Crippen LogP contribution < -0.4 is 4.74 Å². The van der Waals surface area contributed by atoms with E-state index in [9.17, 15) is 4.79 Å². The van der Waals surface area contributed by atoms with Crippen LogP contribution >= 0.6 is 0 Å². The molecule has 2 aromatic rings. The Kier molecular flexibility index (Phi) is 11.1. The lowest BCUT2D eigenvalue weighted by Gasteiger charge is -2.08. The molecular formula is C25H36N2O3. The van der Waals surface area contributed by atoms with Crippen LogP contribution in [-0.4, -0.2) is 29.2 Å². The fraction of sp³-hybridized carbons (Fsp3) is 0.560. The number of aromatic nitrogens is 2. The first-order valence-corrected chi connectivity index (χ1v) is 11.3. The van der Waals surface area contributed by atoms with E-state index in [4.69, 9.17) is 9.47 Å². The highest BCUT2D eigenvalue weighted by atomic mass is 16.5. The van der Waals surface area contributed by atoms with Crippen LogP contribution in [0.1, 0.15) is 71.3 Å². The molecule has 30 heavy (non-hydrogen) atoms. The van der Waals surface area contributed by atoms with Gasteiger partial charge in [-0.3, -0.25) is 4.79 Å². The van der Waals surface area contributed by atoms with Crippen molar-refractivity contribution in [1.29, 1.82) is 0 Å². The van der Waals surface area contributed by atoms with Gasteiger partial charge in [0.2, 0.25) is 0 Å². The van der Waals surface area contributed by atoms with E-state index in [1.54, 1.807) is 12.1 Å². The Balaban J connectivity index is 1.76. The molecule has 1 aromatic carbocycles. The maximum absolute atomic E-state index is 11.9. The molecule has 0 aliphatic carbocycles. The van der Waals surface area contributed by atoms with Crippen LogP contribution in [0.2, 0.25) is 0 Å². The molecule has 0 aliphatic rings. The summed E-state index contributed by atoms with van der Waals surface area (Å²) in [6, 6.07) is 7.34. The van der Waals surface area contributed by atoms with Crippen LogP contribution in [0.5, 0.6) is 5.75 Å². The number of esters is 1. The van der Waals surface area contributed by atoms with Gasteiger partial charge in [-0.2, -0.15) is 0 Å². The number of hydrogen-bond acceptors (Lipinski definition) is 5. The largest absolute Gasteiger partial charge is 0.427 e. The van der Waals surface area contributed by atoms with E-state index in [2.05, 4.69) is 30.7 Å². The normalized spacial score (nSPS) is 12.0. The number of carbonyl (C=O) groups is 1. The lowest BCUT2D eigenvalue weighted by atomic mass is 10.0. The maximum atomic E-state index is 11.9. The van der Waals surface area contributed by atoms with E-state index in [-0.39, 0.29) is 5.97 Å². The second kappa shape index (κ2) is 13.9. The van der Waals surface area contributed by atoms with E-state index >= 15 is 0 Å². The molecule has 0 radical (unpaired) electrons. The minimum absolute atomic E-state index is 0.184. The van der Waals surface area contributed by atoms with Crippen LogP contribution in [0.25, 0.3) is 11.4 Å². The molecule has 5 heteroatoms. The molecule has 0 N–H and O–H groups in total. The Bertz CT molecular complexity index is 729. The summed E-state index contributed by atoms with van der Waals surface area (Å²) in [4.78, 5) is 20.9. The van der Waals surface area contributed by atoms with Crippen LogP contribution in [0.3, 0.4) is 0 Å². The van der Waals surface area contributed by atoms with Crippen molar-refractivity contribution in [1.82, 2.24) is 9.97 Å². The highest BCUT2D eigenvalue weighted by Crippen LogP contribution is 2.20. The van der Waals surface area contributed by atoms with Gasteiger partial charge in [-0.15, -0.1) is 0 Å². The zero-order chi connectivity index (χ0) is 21.6. The molecule has 0 bridgehead atoms. The molecule has 1 aromatic heterocycles. The second-order valence-corrected chi connectivity index (χ2v) is 7.89.